The first-order valence-corrected chi connectivity index (χ1v) is 4.23. The van der Waals surface area contributed by atoms with E-state index in [9.17, 15) is 0 Å². The SMILES string of the molecule is C=C(CS)COC(C)CC. The molecule has 0 amide bonds. The Morgan fingerprint density at radius 2 is 2.30 bits per heavy atom. The summed E-state index contributed by atoms with van der Waals surface area (Å²) in [6, 6.07) is 0. The third kappa shape index (κ3) is 4.89. The number of ether oxygens (including phenoxy) is 1. The maximum atomic E-state index is 5.40. The van der Waals surface area contributed by atoms with Crippen LogP contribution in [0.2, 0.25) is 0 Å². The van der Waals surface area contributed by atoms with Crippen LogP contribution in [-0.2, 0) is 4.74 Å². The van der Waals surface area contributed by atoms with Gasteiger partial charge in [0, 0.05) is 5.75 Å². The molecule has 0 aromatic heterocycles. The van der Waals surface area contributed by atoms with Crippen LogP contribution in [-0.4, -0.2) is 18.5 Å². The van der Waals surface area contributed by atoms with Gasteiger partial charge in [0.2, 0.25) is 0 Å². The molecule has 0 aliphatic heterocycles. The zero-order valence-corrected chi connectivity index (χ0v) is 7.66. The highest BCUT2D eigenvalue weighted by atomic mass is 32.1. The molecule has 1 atom stereocenters. The van der Waals surface area contributed by atoms with Crippen molar-refractivity contribution in [3.63, 3.8) is 0 Å². The van der Waals surface area contributed by atoms with Crippen LogP contribution in [0.15, 0.2) is 12.2 Å². The van der Waals surface area contributed by atoms with Crippen molar-refractivity contribution in [1.29, 1.82) is 0 Å². The van der Waals surface area contributed by atoms with E-state index in [1.165, 1.54) is 0 Å². The van der Waals surface area contributed by atoms with E-state index in [2.05, 4.69) is 33.1 Å². The second-order valence-corrected chi connectivity index (χ2v) is 2.75. The zero-order chi connectivity index (χ0) is 7.98. The standard InChI is InChI=1S/C8H16OS/c1-4-8(3)9-5-7(2)6-10/h8,10H,2,4-6H2,1,3H3. The lowest BCUT2D eigenvalue weighted by molar-refractivity contribution is 0.0813. The summed E-state index contributed by atoms with van der Waals surface area (Å²) >= 11 is 4.07. The van der Waals surface area contributed by atoms with Gasteiger partial charge in [0.15, 0.2) is 0 Å². The van der Waals surface area contributed by atoms with E-state index >= 15 is 0 Å². The fourth-order valence-electron chi connectivity index (χ4n) is 0.424. The Morgan fingerprint density at radius 3 is 2.70 bits per heavy atom. The Hall–Kier alpha value is 0.0500. The predicted octanol–water partition coefficient (Wildman–Crippen LogP) is 2.29. The molecule has 0 N–H and O–H groups in total. The summed E-state index contributed by atoms with van der Waals surface area (Å²) in [5, 5.41) is 0. The van der Waals surface area contributed by atoms with Crippen molar-refractivity contribution in [2.24, 2.45) is 0 Å². The summed E-state index contributed by atoms with van der Waals surface area (Å²) in [5.41, 5.74) is 1.05. The monoisotopic (exact) mass is 160 g/mol. The highest BCUT2D eigenvalue weighted by Gasteiger charge is 1.97. The number of hydrogen-bond donors (Lipinski definition) is 1. The molecule has 60 valence electrons. The van der Waals surface area contributed by atoms with Gasteiger partial charge in [0.25, 0.3) is 0 Å². The molecule has 0 aliphatic rings. The zero-order valence-electron chi connectivity index (χ0n) is 6.76. The van der Waals surface area contributed by atoms with Crippen LogP contribution in [0.4, 0.5) is 0 Å². The lowest BCUT2D eigenvalue weighted by Crippen LogP contribution is -2.09. The molecule has 0 fully saturated rings. The molecule has 0 aliphatic carbocycles. The van der Waals surface area contributed by atoms with Crippen LogP contribution in [0.25, 0.3) is 0 Å². The highest BCUT2D eigenvalue weighted by molar-refractivity contribution is 7.80. The second kappa shape index (κ2) is 5.81. The van der Waals surface area contributed by atoms with Crippen LogP contribution >= 0.6 is 12.6 Å². The number of hydrogen-bond acceptors (Lipinski definition) is 2. The lowest BCUT2D eigenvalue weighted by Gasteiger charge is -2.10. The fraction of sp³-hybridized carbons (Fsp3) is 0.750. The average Bonchev–Trinajstić information content (AvgIpc) is 1.99. The topological polar surface area (TPSA) is 9.23 Å². The maximum Gasteiger partial charge on any atom is 0.0685 e. The minimum Gasteiger partial charge on any atom is -0.374 e. The minimum absolute atomic E-state index is 0.344. The lowest BCUT2D eigenvalue weighted by atomic mass is 10.3. The third-order valence-electron chi connectivity index (χ3n) is 1.37. The largest absolute Gasteiger partial charge is 0.374 e. The minimum atomic E-state index is 0.344. The van der Waals surface area contributed by atoms with E-state index in [0.29, 0.717) is 12.7 Å². The third-order valence-corrected chi connectivity index (χ3v) is 1.82. The summed E-state index contributed by atoms with van der Waals surface area (Å²) in [4.78, 5) is 0. The van der Waals surface area contributed by atoms with Crippen molar-refractivity contribution >= 4 is 12.6 Å². The van der Waals surface area contributed by atoms with Crippen molar-refractivity contribution < 1.29 is 4.74 Å². The molecular formula is C8H16OS. The molecule has 1 unspecified atom stereocenters. The molecule has 1 nitrogen and oxygen atoms in total. The molecule has 2 heteroatoms. The predicted molar refractivity (Wildman–Crippen MR) is 48.7 cm³/mol. The summed E-state index contributed by atoms with van der Waals surface area (Å²) < 4.78 is 5.40. The van der Waals surface area contributed by atoms with Crippen LogP contribution < -0.4 is 0 Å². The van der Waals surface area contributed by atoms with Crippen molar-refractivity contribution in [1.82, 2.24) is 0 Å². The maximum absolute atomic E-state index is 5.40. The molecule has 0 rings (SSSR count). The molecule has 0 aromatic rings. The Kier molecular flexibility index (Phi) is 5.84. The summed E-state index contributed by atoms with van der Waals surface area (Å²) in [5.74, 6) is 0.719. The number of rotatable bonds is 5. The summed E-state index contributed by atoms with van der Waals surface area (Å²) in [6.07, 6.45) is 1.40. The molecular weight excluding hydrogens is 144 g/mol. The van der Waals surface area contributed by atoms with Gasteiger partial charge in [0.05, 0.1) is 12.7 Å². The van der Waals surface area contributed by atoms with E-state index in [1.807, 2.05) is 0 Å². The Morgan fingerprint density at radius 1 is 1.70 bits per heavy atom. The van der Waals surface area contributed by atoms with Gasteiger partial charge >= 0.3 is 0 Å². The van der Waals surface area contributed by atoms with Gasteiger partial charge in [-0.2, -0.15) is 12.6 Å². The molecule has 0 bridgehead atoms. The number of thiol groups is 1. The molecule has 0 radical (unpaired) electrons. The van der Waals surface area contributed by atoms with E-state index in [-0.39, 0.29) is 0 Å². The molecule has 0 heterocycles. The van der Waals surface area contributed by atoms with Crippen LogP contribution in [0, 0.1) is 0 Å². The fourth-order valence-corrected chi connectivity index (χ4v) is 0.515. The van der Waals surface area contributed by atoms with E-state index in [1.54, 1.807) is 0 Å². The van der Waals surface area contributed by atoms with Crippen LogP contribution in [0.3, 0.4) is 0 Å². The first-order valence-electron chi connectivity index (χ1n) is 3.59. The van der Waals surface area contributed by atoms with Gasteiger partial charge in [-0.25, -0.2) is 0 Å². The summed E-state index contributed by atoms with van der Waals surface area (Å²) in [7, 11) is 0. The molecule has 0 saturated heterocycles. The van der Waals surface area contributed by atoms with Gasteiger partial charge in [-0.15, -0.1) is 0 Å². The molecule has 0 saturated carbocycles. The normalized spacial score (nSPS) is 13.1. The first-order chi connectivity index (χ1) is 4.70. The van der Waals surface area contributed by atoms with Crippen molar-refractivity contribution in [2.75, 3.05) is 12.4 Å². The van der Waals surface area contributed by atoms with Gasteiger partial charge in [-0.3, -0.25) is 0 Å². The van der Waals surface area contributed by atoms with Crippen molar-refractivity contribution in [3.8, 4) is 0 Å². The smallest absolute Gasteiger partial charge is 0.0685 e. The Balaban J connectivity index is 3.26. The molecule has 0 spiro atoms. The van der Waals surface area contributed by atoms with Gasteiger partial charge in [-0.1, -0.05) is 13.5 Å². The van der Waals surface area contributed by atoms with Gasteiger partial charge in [-0.05, 0) is 18.9 Å². The van der Waals surface area contributed by atoms with Crippen molar-refractivity contribution in [2.45, 2.75) is 26.4 Å². The molecule has 0 aromatic carbocycles. The Bertz CT molecular complexity index is 101. The first kappa shape index (κ1) is 10.0. The van der Waals surface area contributed by atoms with Gasteiger partial charge in [0.1, 0.15) is 0 Å². The summed E-state index contributed by atoms with van der Waals surface area (Å²) in [6.45, 7) is 8.60. The van der Waals surface area contributed by atoms with Crippen LogP contribution in [0.1, 0.15) is 20.3 Å². The quantitative estimate of drug-likeness (QED) is 0.479. The average molecular weight is 160 g/mol. The molecule has 10 heavy (non-hydrogen) atoms. The van der Waals surface area contributed by atoms with Crippen molar-refractivity contribution in [3.05, 3.63) is 12.2 Å². The van der Waals surface area contributed by atoms with Gasteiger partial charge < -0.3 is 4.74 Å². The van der Waals surface area contributed by atoms with Crippen LogP contribution in [0.5, 0.6) is 0 Å². The second-order valence-electron chi connectivity index (χ2n) is 2.44. The van der Waals surface area contributed by atoms with E-state index in [4.69, 9.17) is 4.74 Å². The van der Waals surface area contributed by atoms with E-state index in [0.717, 1.165) is 17.7 Å². The highest BCUT2D eigenvalue weighted by Crippen LogP contribution is 2.00. The Labute approximate surface area is 68.9 Å². The van der Waals surface area contributed by atoms with E-state index < -0.39 is 0 Å².